The van der Waals surface area contributed by atoms with Crippen LogP contribution in [-0.2, 0) is 0 Å². The fourth-order valence-electron chi connectivity index (χ4n) is 1.66. The molecule has 1 aliphatic rings. The van der Waals surface area contributed by atoms with E-state index in [1.807, 2.05) is 0 Å². The molecule has 0 radical (unpaired) electrons. The Hall–Kier alpha value is -0.520. The van der Waals surface area contributed by atoms with Gasteiger partial charge in [-0.3, -0.25) is 0 Å². The highest BCUT2D eigenvalue weighted by molar-refractivity contribution is 5.31. The Bertz CT molecular complexity index is 184. The topological polar surface area (TPSA) is 0 Å². The van der Waals surface area contributed by atoms with Crippen LogP contribution in [0.5, 0.6) is 0 Å². The van der Waals surface area contributed by atoms with Gasteiger partial charge in [0.15, 0.2) is 0 Å². The summed E-state index contributed by atoms with van der Waals surface area (Å²) in [5, 5.41) is 0. The maximum Gasteiger partial charge on any atom is -0.0133 e. The minimum absolute atomic E-state index is 1.20. The van der Waals surface area contributed by atoms with Crippen LogP contribution in [0, 0.1) is 0 Å². The fraction of sp³-hybridized carbons (Fsp3) is 0.667. The summed E-state index contributed by atoms with van der Waals surface area (Å²) < 4.78 is 0. The van der Waals surface area contributed by atoms with E-state index < -0.39 is 0 Å². The zero-order chi connectivity index (χ0) is 8.81. The van der Waals surface area contributed by atoms with Gasteiger partial charge in [0.25, 0.3) is 0 Å². The van der Waals surface area contributed by atoms with E-state index in [9.17, 15) is 0 Å². The van der Waals surface area contributed by atoms with Crippen molar-refractivity contribution in [2.75, 3.05) is 0 Å². The molecule has 0 bridgehead atoms. The standard InChI is InChI=1S/C12H20/c1-3-4-5-6-7-12-9-8-11(2)10-12/h9-10H,3-8H2,1-2H3. The minimum Gasteiger partial charge on any atom is -0.0773 e. The summed E-state index contributed by atoms with van der Waals surface area (Å²) in [5.74, 6) is 0. The molecule has 1 rings (SSSR count). The van der Waals surface area contributed by atoms with E-state index >= 15 is 0 Å². The van der Waals surface area contributed by atoms with E-state index in [1.54, 1.807) is 5.57 Å². The normalized spacial score (nSPS) is 16.2. The van der Waals surface area contributed by atoms with Gasteiger partial charge in [-0.1, -0.05) is 49.5 Å². The molecule has 0 aromatic carbocycles. The van der Waals surface area contributed by atoms with Crippen molar-refractivity contribution in [2.24, 2.45) is 0 Å². The van der Waals surface area contributed by atoms with E-state index in [-0.39, 0.29) is 0 Å². The van der Waals surface area contributed by atoms with E-state index in [0.29, 0.717) is 0 Å². The monoisotopic (exact) mass is 164 g/mol. The Morgan fingerprint density at radius 1 is 1.25 bits per heavy atom. The molecule has 0 heterocycles. The van der Waals surface area contributed by atoms with Crippen molar-refractivity contribution >= 4 is 0 Å². The summed E-state index contributed by atoms with van der Waals surface area (Å²) >= 11 is 0. The number of rotatable bonds is 5. The van der Waals surface area contributed by atoms with Crippen molar-refractivity contribution in [1.29, 1.82) is 0 Å². The van der Waals surface area contributed by atoms with Crippen molar-refractivity contribution in [3.63, 3.8) is 0 Å². The van der Waals surface area contributed by atoms with Gasteiger partial charge in [0.2, 0.25) is 0 Å². The molecule has 0 aromatic heterocycles. The third-order valence-corrected chi connectivity index (χ3v) is 2.44. The maximum atomic E-state index is 2.38. The molecule has 0 atom stereocenters. The van der Waals surface area contributed by atoms with Crippen molar-refractivity contribution in [3.05, 3.63) is 23.3 Å². The van der Waals surface area contributed by atoms with Crippen LogP contribution in [0.15, 0.2) is 23.3 Å². The SMILES string of the molecule is CCCCCCC1=CCC(C)=C1. The van der Waals surface area contributed by atoms with E-state index in [2.05, 4.69) is 26.0 Å². The Morgan fingerprint density at radius 2 is 2.08 bits per heavy atom. The summed E-state index contributed by atoms with van der Waals surface area (Å²) in [6, 6.07) is 0. The number of allylic oxidation sites excluding steroid dienone is 4. The van der Waals surface area contributed by atoms with Crippen LogP contribution >= 0.6 is 0 Å². The maximum absolute atomic E-state index is 2.38. The molecule has 0 nitrogen and oxygen atoms in total. The molecule has 0 aliphatic heterocycles. The predicted molar refractivity (Wildman–Crippen MR) is 55.2 cm³/mol. The van der Waals surface area contributed by atoms with Crippen molar-refractivity contribution in [1.82, 2.24) is 0 Å². The second-order valence-electron chi connectivity index (χ2n) is 3.78. The number of unbranched alkanes of at least 4 members (excludes halogenated alkanes) is 3. The molecular weight excluding hydrogens is 144 g/mol. The van der Waals surface area contributed by atoms with Gasteiger partial charge in [0.1, 0.15) is 0 Å². The summed E-state index contributed by atoms with van der Waals surface area (Å²) in [7, 11) is 0. The second-order valence-corrected chi connectivity index (χ2v) is 3.78. The fourth-order valence-corrected chi connectivity index (χ4v) is 1.66. The smallest absolute Gasteiger partial charge is 0.0133 e. The van der Waals surface area contributed by atoms with Crippen LogP contribution in [0.4, 0.5) is 0 Å². The molecule has 0 saturated carbocycles. The Kier molecular flexibility index (Phi) is 4.13. The summed E-state index contributed by atoms with van der Waals surface area (Å²) in [5.41, 5.74) is 3.10. The molecular formula is C12H20. The van der Waals surface area contributed by atoms with Crippen LogP contribution in [0.25, 0.3) is 0 Å². The van der Waals surface area contributed by atoms with E-state index in [4.69, 9.17) is 0 Å². The first-order valence-electron chi connectivity index (χ1n) is 5.19. The van der Waals surface area contributed by atoms with Crippen LogP contribution in [0.3, 0.4) is 0 Å². The Labute approximate surface area is 76.4 Å². The lowest BCUT2D eigenvalue weighted by Gasteiger charge is -1.98. The second kappa shape index (κ2) is 5.18. The molecule has 12 heavy (non-hydrogen) atoms. The molecule has 0 unspecified atom stereocenters. The first kappa shape index (κ1) is 9.57. The molecule has 0 heteroatoms. The molecule has 0 N–H and O–H groups in total. The molecule has 0 spiro atoms. The van der Waals surface area contributed by atoms with Gasteiger partial charge < -0.3 is 0 Å². The predicted octanol–water partition coefficient (Wildman–Crippen LogP) is 4.23. The third kappa shape index (κ3) is 3.25. The number of hydrogen-bond acceptors (Lipinski definition) is 0. The van der Waals surface area contributed by atoms with Gasteiger partial charge in [0.05, 0.1) is 0 Å². The van der Waals surface area contributed by atoms with Crippen molar-refractivity contribution in [2.45, 2.75) is 52.4 Å². The molecule has 68 valence electrons. The molecule has 0 amide bonds. The van der Waals surface area contributed by atoms with E-state index in [0.717, 1.165) is 0 Å². The molecule has 0 aromatic rings. The van der Waals surface area contributed by atoms with Gasteiger partial charge in [-0.2, -0.15) is 0 Å². The average molecular weight is 164 g/mol. The third-order valence-electron chi connectivity index (χ3n) is 2.44. The highest BCUT2D eigenvalue weighted by atomic mass is 14.1. The molecule has 1 aliphatic carbocycles. The van der Waals surface area contributed by atoms with Crippen LogP contribution in [0.2, 0.25) is 0 Å². The van der Waals surface area contributed by atoms with Gasteiger partial charge in [0, 0.05) is 0 Å². The van der Waals surface area contributed by atoms with Gasteiger partial charge >= 0.3 is 0 Å². The lowest BCUT2D eigenvalue weighted by molar-refractivity contribution is 0.668. The van der Waals surface area contributed by atoms with Crippen LogP contribution in [0.1, 0.15) is 52.4 Å². The highest BCUT2D eigenvalue weighted by Crippen LogP contribution is 2.21. The van der Waals surface area contributed by atoms with Crippen LogP contribution in [-0.4, -0.2) is 0 Å². The minimum atomic E-state index is 1.20. The average Bonchev–Trinajstić information content (AvgIpc) is 2.45. The first-order chi connectivity index (χ1) is 5.83. The lowest BCUT2D eigenvalue weighted by atomic mass is 10.1. The largest absolute Gasteiger partial charge is 0.0773 e. The van der Waals surface area contributed by atoms with Crippen LogP contribution < -0.4 is 0 Å². The van der Waals surface area contributed by atoms with Gasteiger partial charge in [-0.05, 0) is 26.2 Å². The summed E-state index contributed by atoms with van der Waals surface area (Å²) in [6.45, 7) is 4.48. The van der Waals surface area contributed by atoms with E-state index in [1.165, 1.54) is 44.1 Å². The van der Waals surface area contributed by atoms with Crippen molar-refractivity contribution < 1.29 is 0 Å². The summed E-state index contributed by atoms with van der Waals surface area (Å²) in [4.78, 5) is 0. The Morgan fingerprint density at radius 3 is 2.67 bits per heavy atom. The quantitative estimate of drug-likeness (QED) is 0.533. The zero-order valence-electron chi connectivity index (χ0n) is 8.40. The van der Waals surface area contributed by atoms with Gasteiger partial charge in [-0.25, -0.2) is 0 Å². The summed E-state index contributed by atoms with van der Waals surface area (Å²) in [6.07, 6.45) is 12.8. The zero-order valence-corrected chi connectivity index (χ0v) is 8.40. The lowest BCUT2D eigenvalue weighted by Crippen LogP contribution is -1.78. The highest BCUT2D eigenvalue weighted by Gasteiger charge is 2.01. The number of hydrogen-bond donors (Lipinski definition) is 0. The van der Waals surface area contributed by atoms with Crippen molar-refractivity contribution in [3.8, 4) is 0 Å². The Balaban J connectivity index is 2.08. The van der Waals surface area contributed by atoms with Gasteiger partial charge in [-0.15, -0.1) is 0 Å². The first-order valence-corrected chi connectivity index (χ1v) is 5.19. The molecule has 0 saturated heterocycles. The molecule has 0 fully saturated rings.